The highest BCUT2D eigenvalue weighted by Gasteiger charge is 2.72. The Morgan fingerprint density at radius 1 is 1.38 bits per heavy atom. The smallest absolute Gasteiger partial charge is 0.313 e. The van der Waals surface area contributed by atoms with Crippen molar-refractivity contribution in [1.29, 1.82) is 0 Å². The number of ether oxygens (including phenoxy) is 1. The number of aliphatic hydroxyl groups is 1. The highest BCUT2D eigenvalue weighted by Crippen LogP contribution is 2.65. The summed E-state index contributed by atoms with van der Waals surface area (Å²) in [7, 11) is 0. The first-order valence-electron chi connectivity index (χ1n) is 4.74. The van der Waals surface area contributed by atoms with Gasteiger partial charge in [-0.3, -0.25) is 4.79 Å². The second kappa shape index (κ2) is 2.08. The fourth-order valence-electron chi connectivity index (χ4n) is 2.71. The molecule has 0 amide bonds. The molecule has 2 bridgehead atoms. The molecule has 0 aromatic heterocycles. The lowest BCUT2D eigenvalue weighted by Crippen LogP contribution is -2.43. The number of carbonyl (C=O) groups is 1. The number of rotatable bonds is 1. The zero-order valence-corrected chi connectivity index (χ0v) is 8.39. The minimum atomic E-state index is -0.612. The maximum atomic E-state index is 11.6. The Morgan fingerprint density at radius 3 is 2.23 bits per heavy atom. The average molecular weight is 184 g/mol. The van der Waals surface area contributed by atoms with E-state index >= 15 is 0 Å². The van der Waals surface area contributed by atoms with Gasteiger partial charge in [-0.15, -0.1) is 0 Å². The van der Waals surface area contributed by atoms with E-state index in [1.165, 1.54) is 0 Å². The fraction of sp³-hybridized carbons (Fsp3) is 0.900. The molecule has 3 nitrogen and oxygen atoms in total. The van der Waals surface area contributed by atoms with Crippen LogP contribution in [0, 0.1) is 10.8 Å². The first-order chi connectivity index (χ1) is 5.90. The van der Waals surface area contributed by atoms with Crippen molar-refractivity contribution in [3.63, 3.8) is 0 Å². The summed E-state index contributed by atoms with van der Waals surface area (Å²) in [6, 6.07) is 0. The molecule has 0 spiro atoms. The molecule has 3 heteroatoms. The Labute approximate surface area is 78.1 Å². The van der Waals surface area contributed by atoms with Crippen molar-refractivity contribution >= 4 is 5.97 Å². The zero-order valence-electron chi connectivity index (χ0n) is 8.39. The van der Waals surface area contributed by atoms with Gasteiger partial charge in [0.15, 0.2) is 0 Å². The Bertz CT molecular complexity index is 271. The monoisotopic (exact) mass is 184 g/mol. The molecule has 0 radical (unpaired) electrons. The van der Waals surface area contributed by atoms with E-state index in [0.29, 0.717) is 0 Å². The van der Waals surface area contributed by atoms with Crippen molar-refractivity contribution in [2.75, 3.05) is 6.61 Å². The predicted molar refractivity (Wildman–Crippen MR) is 47.0 cm³/mol. The Kier molecular flexibility index (Phi) is 1.44. The molecular formula is C10H16O3. The van der Waals surface area contributed by atoms with Crippen LogP contribution in [-0.4, -0.2) is 23.3 Å². The van der Waals surface area contributed by atoms with Crippen LogP contribution in [0.2, 0.25) is 0 Å². The summed E-state index contributed by atoms with van der Waals surface area (Å²) in [6.45, 7) is 5.92. The topological polar surface area (TPSA) is 46.5 Å². The van der Waals surface area contributed by atoms with Crippen molar-refractivity contribution in [3.8, 4) is 0 Å². The molecular weight excluding hydrogens is 168 g/mol. The first kappa shape index (κ1) is 9.00. The molecule has 1 heterocycles. The van der Waals surface area contributed by atoms with Gasteiger partial charge in [-0.2, -0.15) is 0 Å². The molecule has 2 rings (SSSR count). The van der Waals surface area contributed by atoms with Crippen LogP contribution >= 0.6 is 0 Å². The fourth-order valence-corrected chi connectivity index (χ4v) is 2.71. The number of hydrogen-bond donors (Lipinski definition) is 1. The maximum Gasteiger partial charge on any atom is 0.313 e. The van der Waals surface area contributed by atoms with Gasteiger partial charge in [0.25, 0.3) is 0 Å². The summed E-state index contributed by atoms with van der Waals surface area (Å²) in [6.07, 6.45) is 1.62. The summed E-state index contributed by atoms with van der Waals surface area (Å²) in [5.41, 5.74) is -1.25. The quantitative estimate of drug-likeness (QED) is 0.621. The highest BCUT2D eigenvalue weighted by molar-refractivity contribution is 5.82. The molecule has 2 atom stereocenters. The maximum absolute atomic E-state index is 11.6. The van der Waals surface area contributed by atoms with Crippen LogP contribution in [0.5, 0.6) is 0 Å². The molecule has 0 aromatic rings. The van der Waals surface area contributed by atoms with Crippen molar-refractivity contribution < 1.29 is 14.6 Å². The van der Waals surface area contributed by atoms with Crippen LogP contribution < -0.4 is 0 Å². The number of aliphatic hydroxyl groups excluding tert-OH is 1. The van der Waals surface area contributed by atoms with Crippen molar-refractivity contribution in [2.45, 2.75) is 39.2 Å². The number of esters is 1. The van der Waals surface area contributed by atoms with E-state index in [4.69, 9.17) is 4.74 Å². The summed E-state index contributed by atoms with van der Waals surface area (Å²) < 4.78 is 5.33. The standard InChI is InChI=1S/C10H16O3/c1-8(2)9(3)4-5-10(8,6-11)13-7(9)12/h11H,4-6H2,1-3H3/t9?,10-/m1/s1. The second-order valence-corrected chi connectivity index (χ2v) is 5.00. The van der Waals surface area contributed by atoms with Crippen molar-refractivity contribution in [2.24, 2.45) is 10.8 Å². The minimum absolute atomic E-state index is 0.0542. The molecule has 1 aliphatic heterocycles. The van der Waals surface area contributed by atoms with Crippen LogP contribution in [0.1, 0.15) is 33.6 Å². The third-order valence-corrected chi connectivity index (χ3v) is 4.54. The van der Waals surface area contributed by atoms with Gasteiger partial charge >= 0.3 is 5.97 Å². The summed E-state index contributed by atoms with van der Waals surface area (Å²) >= 11 is 0. The lowest BCUT2D eigenvalue weighted by molar-refractivity contribution is -0.163. The predicted octanol–water partition coefficient (Wildman–Crippen LogP) is 1.10. The zero-order chi connectivity index (χ0) is 9.91. The third kappa shape index (κ3) is 0.688. The van der Waals surface area contributed by atoms with Crippen molar-refractivity contribution in [1.82, 2.24) is 0 Å². The minimum Gasteiger partial charge on any atom is -0.456 e. The highest BCUT2D eigenvalue weighted by atomic mass is 16.6. The lowest BCUT2D eigenvalue weighted by Gasteiger charge is -2.35. The SMILES string of the molecule is CC12CC[C@](CO)(OC1=O)C2(C)C. The van der Waals surface area contributed by atoms with Crippen LogP contribution in [-0.2, 0) is 9.53 Å². The summed E-state index contributed by atoms with van der Waals surface area (Å²) in [5.74, 6) is -0.141. The normalized spacial score (nSPS) is 46.6. The molecule has 0 aromatic carbocycles. The van der Waals surface area contributed by atoms with Gasteiger partial charge in [-0.05, 0) is 19.8 Å². The van der Waals surface area contributed by atoms with E-state index in [0.717, 1.165) is 12.8 Å². The number of carbonyl (C=O) groups excluding carboxylic acids is 1. The summed E-state index contributed by atoms with van der Waals surface area (Å²) in [5, 5.41) is 9.33. The van der Waals surface area contributed by atoms with E-state index in [2.05, 4.69) is 0 Å². The van der Waals surface area contributed by atoms with E-state index in [1.807, 2.05) is 20.8 Å². The van der Waals surface area contributed by atoms with Crippen LogP contribution in [0.15, 0.2) is 0 Å². The molecule has 1 saturated carbocycles. The van der Waals surface area contributed by atoms with E-state index in [-0.39, 0.29) is 18.0 Å². The van der Waals surface area contributed by atoms with Gasteiger partial charge in [-0.1, -0.05) is 13.8 Å². The molecule has 1 N–H and O–H groups in total. The van der Waals surface area contributed by atoms with Gasteiger partial charge in [0.1, 0.15) is 5.60 Å². The third-order valence-electron chi connectivity index (χ3n) is 4.54. The van der Waals surface area contributed by atoms with Gasteiger partial charge < -0.3 is 9.84 Å². The molecule has 74 valence electrons. The van der Waals surface area contributed by atoms with Crippen LogP contribution in [0.3, 0.4) is 0 Å². The van der Waals surface area contributed by atoms with Gasteiger partial charge in [0.05, 0.1) is 12.0 Å². The van der Waals surface area contributed by atoms with Gasteiger partial charge in [0, 0.05) is 5.41 Å². The Hall–Kier alpha value is -0.570. The Balaban J connectivity index is 2.53. The van der Waals surface area contributed by atoms with Crippen molar-refractivity contribution in [3.05, 3.63) is 0 Å². The molecule has 1 aliphatic carbocycles. The molecule has 2 fully saturated rings. The average Bonchev–Trinajstić information content (AvgIpc) is 2.34. The van der Waals surface area contributed by atoms with Gasteiger partial charge in [-0.25, -0.2) is 0 Å². The lowest BCUT2D eigenvalue weighted by atomic mass is 9.66. The van der Waals surface area contributed by atoms with Crippen LogP contribution in [0.25, 0.3) is 0 Å². The van der Waals surface area contributed by atoms with Crippen LogP contribution in [0.4, 0.5) is 0 Å². The Morgan fingerprint density at radius 2 is 2.00 bits per heavy atom. The number of fused-ring (bicyclic) bond motifs is 2. The molecule has 1 saturated heterocycles. The van der Waals surface area contributed by atoms with E-state index < -0.39 is 11.0 Å². The largest absolute Gasteiger partial charge is 0.456 e. The summed E-state index contributed by atoms with van der Waals surface area (Å²) in [4.78, 5) is 11.6. The van der Waals surface area contributed by atoms with E-state index in [9.17, 15) is 9.90 Å². The second-order valence-electron chi connectivity index (χ2n) is 5.00. The molecule has 2 aliphatic rings. The number of hydrogen-bond acceptors (Lipinski definition) is 3. The van der Waals surface area contributed by atoms with E-state index in [1.54, 1.807) is 0 Å². The first-order valence-corrected chi connectivity index (χ1v) is 4.74. The molecule has 1 unspecified atom stereocenters. The van der Waals surface area contributed by atoms with Gasteiger partial charge in [0.2, 0.25) is 0 Å². The molecule has 13 heavy (non-hydrogen) atoms.